The Bertz CT molecular complexity index is 1310. The summed E-state index contributed by atoms with van der Waals surface area (Å²) >= 11 is 0. The molecule has 198 valence electrons. The highest BCUT2D eigenvalue weighted by Gasteiger charge is 2.37. The van der Waals surface area contributed by atoms with E-state index in [0.29, 0.717) is 25.2 Å². The van der Waals surface area contributed by atoms with Gasteiger partial charge in [-0.3, -0.25) is 14.6 Å². The number of fused-ring (bicyclic) bond motifs is 5. The molecular formula is C30H34N4O4. The van der Waals surface area contributed by atoms with E-state index in [-0.39, 0.29) is 36.2 Å². The Morgan fingerprint density at radius 1 is 0.789 bits per heavy atom. The van der Waals surface area contributed by atoms with Crippen LogP contribution >= 0.6 is 0 Å². The van der Waals surface area contributed by atoms with Crippen molar-refractivity contribution in [1.82, 2.24) is 19.8 Å². The topological polar surface area (TPSA) is 84.9 Å². The van der Waals surface area contributed by atoms with Crippen LogP contribution in [0.15, 0.2) is 54.7 Å². The van der Waals surface area contributed by atoms with Crippen LogP contribution in [0.25, 0.3) is 11.0 Å². The average molecular weight is 515 g/mol. The van der Waals surface area contributed by atoms with E-state index in [4.69, 9.17) is 9.47 Å². The minimum absolute atomic E-state index is 0.0385. The lowest BCUT2D eigenvalue weighted by molar-refractivity contribution is -0.139. The molecule has 38 heavy (non-hydrogen) atoms. The Balaban J connectivity index is 0.000000140. The number of hydrogen-bond acceptors (Lipinski definition) is 6. The highest BCUT2D eigenvalue weighted by molar-refractivity contribution is 5.94. The summed E-state index contributed by atoms with van der Waals surface area (Å²) in [4.78, 5) is 37.4. The standard InChI is InChI=1S/C15H15N3O2.C15H19NO2/c19-15(18-8-10-5-6-11(9-18)20-10)14-7-16-12-3-1-2-4-13(12)17-14;1-11-4-2-3-5-12(11)8-15(17)16-9-13-6-7-14(10-16)18-13/h1-4,7,10-11H,5-6,8-9H2;2-5,13-14H,6-10H2,1H3. The number of morpholine rings is 2. The molecule has 2 amide bonds. The second-order valence-electron chi connectivity index (χ2n) is 10.8. The van der Waals surface area contributed by atoms with Crippen LogP contribution in [0, 0.1) is 6.92 Å². The lowest BCUT2D eigenvalue weighted by atomic mass is 10.1. The third-order valence-corrected chi connectivity index (χ3v) is 8.00. The van der Waals surface area contributed by atoms with E-state index in [1.165, 1.54) is 5.56 Å². The molecule has 4 aliphatic heterocycles. The van der Waals surface area contributed by atoms with E-state index < -0.39 is 0 Å². The summed E-state index contributed by atoms with van der Waals surface area (Å²) in [6.07, 6.45) is 7.38. The number of nitrogens with zero attached hydrogens (tertiary/aromatic N) is 4. The SMILES string of the molecule is Cc1ccccc1CC(=O)N1CC2CCC(C1)O2.O=C(c1cnc2ccccc2n1)N1CC2CCC(C1)O2. The van der Waals surface area contributed by atoms with Gasteiger partial charge < -0.3 is 19.3 Å². The van der Waals surface area contributed by atoms with Gasteiger partial charge in [0.15, 0.2) is 0 Å². The molecule has 4 unspecified atom stereocenters. The summed E-state index contributed by atoms with van der Waals surface area (Å²) in [6, 6.07) is 15.7. The van der Waals surface area contributed by atoms with Crippen molar-refractivity contribution in [1.29, 1.82) is 0 Å². The number of para-hydroxylation sites is 2. The number of carbonyl (C=O) groups is 2. The van der Waals surface area contributed by atoms with Gasteiger partial charge in [0.25, 0.3) is 5.91 Å². The molecule has 7 rings (SSSR count). The maximum Gasteiger partial charge on any atom is 0.274 e. The molecular weight excluding hydrogens is 480 g/mol. The lowest BCUT2D eigenvalue weighted by Gasteiger charge is -2.32. The number of hydrogen-bond donors (Lipinski definition) is 0. The number of amides is 2. The maximum atomic E-state index is 12.5. The molecule has 0 radical (unpaired) electrons. The van der Waals surface area contributed by atoms with Crippen molar-refractivity contribution < 1.29 is 19.1 Å². The monoisotopic (exact) mass is 514 g/mol. The van der Waals surface area contributed by atoms with Gasteiger partial charge >= 0.3 is 0 Å². The molecule has 4 bridgehead atoms. The molecule has 4 fully saturated rings. The fraction of sp³-hybridized carbons (Fsp3) is 0.467. The summed E-state index contributed by atoms with van der Waals surface area (Å²) < 4.78 is 11.5. The highest BCUT2D eigenvalue weighted by atomic mass is 16.5. The van der Waals surface area contributed by atoms with Gasteiger partial charge in [0.05, 0.1) is 48.1 Å². The van der Waals surface area contributed by atoms with E-state index in [2.05, 4.69) is 23.0 Å². The predicted octanol–water partition coefficient (Wildman–Crippen LogP) is 3.56. The summed E-state index contributed by atoms with van der Waals surface area (Å²) in [7, 11) is 0. The molecule has 0 N–H and O–H groups in total. The Labute approximate surface area is 223 Å². The van der Waals surface area contributed by atoms with Crippen molar-refractivity contribution in [2.24, 2.45) is 0 Å². The van der Waals surface area contributed by atoms with Crippen molar-refractivity contribution in [3.8, 4) is 0 Å². The molecule has 0 aliphatic carbocycles. The van der Waals surface area contributed by atoms with Gasteiger partial charge in [-0.1, -0.05) is 36.4 Å². The Morgan fingerprint density at radius 3 is 1.97 bits per heavy atom. The van der Waals surface area contributed by atoms with Crippen LogP contribution in [0.4, 0.5) is 0 Å². The zero-order chi connectivity index (χ0) is 26.1. The van der Waals surface area contributed by atoms with Crippen LogP contribution in [0.1, 0.15) is 47.3 Å². The van der Waals surface area contributed by atoms with Crippen molar-refractivity contribution in [3.05, 3.63) is 71.5 Å². The second-order valence-corrected chi connectivity index (χ2v) is 10.8. The first-order chi connectivity index (χ1) is 18.5. The molecule has 8 nitrogen and oxygen atoms in total. The van der Waals surface area contributed by atoms with Crippen molar-refractivity contribution >= 4 is 22.8 Å². The van der Waals surface area contributed by atoms with Gasteiger partial charge in [-0.25, -0.2) is 4.98 Å². The van der Waals surface area contributed by atoms with E-state index in [0.717, 1.165) is 55.4 Å². The Hall–Kier alpha value is -3.36. The first-order valence-electron chi connectivity index (χ1n) is 13.7. The molecule has 5 heterocycles. The summed E-state index contributed by atoms with van der Waals surface area (Å²) in [5, 5.41) is 0. The molecule has 8 heteroatoms. The number of likely N-dealkylation sites (tertiary alicyclic amines) is 2. The van der Waals surface area contributed by atoms with Crippen molar-refractivity contribution in [3.63, 3.8) is 0 Å². The van der Waals surface area contributed by atoms with Crippen LogP contribution in [-0.2, 0) is 20.7 Å². The zero-order valence-corrected chi connectivity index (χ0v) is 21.8. The molecule has 0 spiro atoms. The normalized spacial score (nSPS) is 25.7. The first-order valence-corrected chi connectivity index (χ1v) is 13.7. The van der Waals surface area contributed by atoms with Gasteiger partial charge in [0.1, 0.15) is 5.69 Å². The van der Waals surface area contributed by atoms with E-state index >= 15 is 0 Å². The number of carbonyl (C=O) groups excluding carboxylic acids is 2. The van der Waals surface area contributed by atoms with Crippen molar-refractivity contribution in [2.45, 2.75) is 63.4 Å². The largest absolute Gasteiger partial charge is 0.371 e. The van der Waals surface area contributed by atoms with Gasteiger partial charge in [-0.2, -0.15) is 0 Å². The Morgan fingerprint density at radius 2 is 1.34 bits per heavy atom. The fourth-order valence-electron chi connectivity index (χ4n) is 5.90. The molecule has 2 aromatic carbocycles. The van der Waals surface area contributed by atoms with Gasteiger partial charge in [0, 0.05) is 26.2 Å². The maximum absolute atomic E-state index is 12.5. The van der Waals surface area contributed by atoms with E-state index in [1.54, 1.807) is 6.20 Å². The number of ether oxygens (including phenoxy) is 2. The quantitative estimate of drug-likeness (QED) is 0.532. The van der Waals surface area contributed by atoms with Gasteiger partial charge in [-0.05, 0) is 55.9 Å². The second kappa shape index (κ2) is 10.8. The predicted molar refractivity (Wildman–Crippen MR) is 143 cm³/mol. The Kier molecular flexibility index (Phi) is 7.08. The van der Waals surface area contributed by atoms with Crippen LogP contribution < -0.4 is 0 Å². The average Bonchev–Trinajstić information content (AvgIpc) is 3.47. The summed E-state index contributed by atoms with van der Waals surface area (Å²) in [5.41, 5.74) is 4.33. The third-order valence-electron chi connectivity index (χ3n) is 8.00. The van der Waals surface area contributed by atoms with E-state index in [9.17, 15) is 9.59 Å². The fourth-order valence-corrected chi connectivity index (χ4v) is 5.90. The smallest absolute Gasteiger partial charge is 0.274 e. The van der Waals surface area contributed by atoms with Crippen LogP contribution in [0.3, 0.4) is 0 Å². The molecule has 1 aromatic heterocycles. The number of aryl methyl sites for hydroxylation is 1. The number of aromatic nitrogens is 2. The summed E-state index contributed by atoms with van der Waals surface area (Å²) in [5.74, 6) is 0.202. The lowest BCUT2D eigenvalue weighted by Crippen LogP contribution is -2.46. The van der Waals surface area contributed by atoms with Gasteiger partial charge in [-0.15, -0.1) is 0 Å². The van der Waals surface area contributed by atoms with Crippen LogP contribution in [-0.4, -0.2) is 82.2 Å². The van der Waals surface area contributed by atoms with E-state index in [1.807, 2.05) is 52.3 Å². The molecule has 0 saturated carbocycles. The number of benzene rings is 2. The molecule has 4 aliphatic rings. The number of rotatable bonds is 3. The molecule has 4 saturated heterocycles. The molecule has 4 atom stereocenters. The summed E-state index contributed by atoms with van der Waals surface area (Å²) in [6.45, 7) is 4.96. The van der Waals surface area contributed by atoms with Crippen LogP contribution in [0.2, 0.25) is 0 Å². The first kappa shape index (κ1) is 24.9. The zero-order valence-electron chi connectivity index (χ0n) is 21.8. The van der Waals surface area contributed by atoms with Crippen molar-refractivity contribution in [2.75, 3.05) is 26.2 Å². The van der Waals surface area contributed by atoms with Gasteiger partial charge in [0.2, 0.25) is 5.91 Å². The minimum atomic E-state index is -0.0385. The molecule has 3 aromatic rings. The highest BCUT2D eigenvalue weighted by Crippen LogP contribution is 2.28. The minimum Gasteiger partial charge on any atom is -0.371 e. The van der Waals surface area contributed by atoms with Crippen LogP contribution in [0.5, 0.6) is 0 Å². The third kappa shape index (κ3) is 5.42.